The minimum Gasteiger partial charge on any atom is -0.496 e. The van der Waals surface area contributed by atoms with Gasteiger partial charge in [-0.2, -0.15) is 0 Å². The molecular weight excluding hydrogens is 364 g/mol. The summed E-state index contributed by atoms with van der Waals surface area (Å²) in [6.07, 6.45) is 2.35. The number of aryl methyl sites for hydroxylation is 1. The van der Waals surface area contributed by atoms with Crippen LogP contribution in [-0.4, -0.2) is 34.0 Å². The Kier molecular flexibility index (Phi) is 5.82. The van der Waals surface area contributed by atoms with Crippen LogP contribution in [0.25, 0.3) is 0 Å². The predicted molar refractivity (Wildman–Crippen MR) is 104 cm³/mol. The van der Waals surface area contributed by atoms with E-state index in [4.69, 9.17) is 4.74 Å². The highest BCUT2D eigenvalue weighted by atomic mass is 32.2. The van der Waals surface area contributed by atoms with Crippen molar-refractivity contribution >= 4 is 15.9 Å². The summed E-state index contributed by atoms with van der Waals surface area (Å²) >= 11 is 0. The quantitative estimate of drug-likeness (QED) is 0.727. The van der Waals surface area contributed by atoms with Crippen LogP contribution in [0, 0.1) is 6.92 Å². The van der Waals surface area contributed by atoms with E-state index in [1.54, 1.807) is 19.2 Å². The lowest BCUT2D eigenvalue weighted by atomic mass is 10.1. The first-order valence-corrected chi connectivity index (χ1v) is 10.4. The van der Waals surface area contributed by atoms with Gasteiger partial charge in [0.05, 0.1) is 12.0 Å². The highest BCUT2D eigenvalue weighted by Crippen LogP contribution is 2.23. The molecule has 2 aromatic carbocycles. The summed E-state index contributed by atoms with van der Waals surface area (Å²) in [7, 11) is -1.96. The number of carbonyl (C=O) groups is 1. The van der Waals surface area contributed by atoms with Gasteiger partial charge in [0.1, 0.15) is 5.75 Å². The van der Waals surface area contributed by atoms with Crippen LogP contribution >= 0.6 is 0 Å². The fourth-order valence-electron chi connectivity index (χ4n) is 2.81. The summed E-state index contributed by atoms with van der Waals surface area (Å²) in [4.78, 5) is 12.5. The van der Waals surface area contributed by atoms with Crippen molar-refractivity contribution in [3.05, 3.63) is 59.2 Å². The minimum absolute atomic E-state index is 0.0248. The number of hydrogen-bond donors (Lipinski definition) is 2. The molecule has 7 heteroatoms. The summed E-state index contributed by atoms with van der Waals surface area (Å²) in [6, 6.07) is 12.0. The van der Waals surface area contributed by atoms with Crippen LogP contribution in [0.1, 0.15) is 34.3 Å². The van der Waals surface area contributed by atoms with E-state index in [2.05, 4.69) is 10.0 Å². The molecule has 0 heterocycles. The van der Waals surface area contributed by atoms with Crippen molar-refractivity contribution in [2.75, 3.05) is 13.7 Å². The van der Waals surface area contributed by atoms with E-state index < -0.39 is 10.0 Å². The number of sulfonamides is 1. The molecule has 0 aromatic heterocycles. The second-order valence-corrected chi connectivity index (χ2v) is 8.46. The van der Waals surface area contributed by atoms with Gasteiger partial charge in [-0.05, 0) is 56.0 Å². The molecule has 0 unspecified atom stereocenters. The Balaban J connectivity index is 1.63. The number of nitrogens with one attached hydrogen (secondary N) is 2. The molecule has 0 bridgehead atoms. The lowest BCUT2D eigenvalue weighted by Crippen LogP contribution is -2.28. The van der Waals surface area contributed by atoms with Crippen LogP contribution in [0.3, 0.4) is 0 Å². The topological polar surface area (TPSA) is 84.5 Å². The molecule has 0 saturated heterocycles. The summed E-state index contributed by atoms with van der Waals surface area (Å²) < 4.78 is 32.6. The molecule has 0 radical (unpaired) electrons. The predicted octanol–water partition coefficient (Wildman–Crippen LogP) is 2.42. The maximum absolute atomic E-state index is 12.4. The van der Waals surface area contributed by atoms with Gasteiger partial charge >= 0.3 is 0 Å². The molecule has 27 heavy (non-hydrogen) atoms. The molecule has 144 valence electrons. The lowest BCUT2D eigenvalue weighted by Gasteiger charge is -2.11. The third kappa shape index (κ3) is 5.08. The highest BCUT2D eigenvalue weighted by molar-refractivity contribution is 7.89. The van der Waals surface area contributed by atoms with Gasteiger partial charge in [-0.15, -0.1) is 0 Å². The average molecular weight is 388 g/mol. The largest absolute Gasteiger partial charge is 0.496 e. The molecule has 3 rings (SSSR count). The van der Waals surface area contributed by atoms with Gasteiger partial charge in [0, 0.05) is 18.2 Å². The van der Waals surface area contributed by atoms with Crippen molar-refractivity contribution < 1.29 is 17.9 Å². The molecule has 1 amide bonds. The first kappa shape index (κ1) is 19.4. The SMILES string of the molecule is COc1ccc(C)cc1CCNC(=O)c1cccc(S(=O)(=O)NC2CC2)c1. The Bertz CT molecular complexity index is 937. The number of ether oxygens (including phenoxy) is 1. The van der Waals surface area contributed by atoms with E-state index in [0.717, 1.165) is 29.7 Å². The molecule has 2 N–H and O–H groups in total. The van der Waals surface area contributed by atoms with Crippen LogP contribution in [0.5, 0.6) is 5.75 Å². The Morgan fingerprint density at radius 1 is 1.19 bits per heavy atom. The molecule has 1 aliphatic carbocycles. The molecule has 1 fully saturated rings. The Morgan fingerprint density at radius 3 is 2.67 bits per heavy atom. The van der Waals surface area contributed by atoms with Crippen LogP contribution in [0.2, 0.25) is 0 Å². The summed E-state index contributed by atoms with van der Waals surface area (Å²) in [5.74, 6) is 0.485. The maximum atomic E-state index is 12.4. The maximum Gasteiger partial charge on any atom is 0.251 e. The van der Waals surface area contributed by atoms with Crippen LogP contribution < -0.4 is 14.8 Å². The van der Waals surface area contributed by atoms with Gasteiger partial charge in [-0.25, -0.2) is 13.1 Å². The zero-order valence-electron chi connectivity index (χ0n) is 15.5. The van der Waals surface area contributed by atoms with Crippen molar-refractivity contribution in [3.63, 3.8) is 0 Å². The fraction of sp³-hybridized carbons (Fsp3) is 0.350. The van der Waals surface area contributed by atoms with Gasteiger partial charge in [-0.1, -0.05) is 23.8 Å². The second-order valence-electron chi connectivity index (χ2n) is 6.74. The molecule has 1 aliphatic rings. The zero-order valence-corrected chi connectivity index (χ0v) is 16.3. The lowest BCUT2D eigenvalue weighted by molar-refractivity contribution is 0.0954. The Morgan fingerprint density at radius 2 is 1.96 bits per heavy atom. The normalized spacial score (nSPS) is 14.0. The number of methoxy groups -OCH3 is 1. The van der Waals surface area contributed by atoms with Crippen molar-refractivity contribution in [2.24, 2.45) is 0 Å². The van der Waals surface area contributed by atoms with E-state index >= 15 is 0 Å². The fourth-order valence-corrected chi connectivity index (χ4v) is 4.16. The van der Waals surface area contributed by atoms with Crippen LogP contribution in [-0.2, 0) is 16.4 Å². The first-order chi connectivity index (χ1) is 12.9. The molecular formula is C20H24N2O4S. The number of carbonyl (C=O) groups excluding carboxylic acids is 1. The van der Waals surface area contributed by atoms with E-state index in [1.807, 2.05) is 25.1 Å². The Hall–Kier alpha value is -2.38. The summed E-state index contributed by atoms with van der Waals surface area (Å²) in [5.41, 5.74) is 2.46. The monoisotopic (exact) mass is 388 g/mol. The first-order valence-electron chi connectivity index (χ1n) is 8.93. The van der Waals surface area contributed by atoms with Crippen LogP contribution in [0.4, 0.5) is 0 Å². The molecule has 6 nitrogen and oxygen atoms in total. The minimum atomic E-state index is -3.58. The molecule has 0 spiro atoms. The number of rotatable bonds is 8. The summed E-state index contributed by atoms with van der Waals surface area (Å²) in [6.45, 7) is 2.43. The molecule has 2 aromatic rings. The van der Waals surface area contributed by atoms with E-state index in [1.165, 1.54) is 12.1 Å². The van der Waals surface area contributed by atoms with Crippen LogP contribution in [0.15, 0.2) is 47.4 Å². The van der Waals surface area contributed by atoms with Crippen molar-refractivity contribution in [3.8, 4) is 5.75 Å². The van der Waals surface area contributed by atoms with Gasteiger partial charge in [0.15, 0.2) is 0 Å². The Labute approximate surface area is 160 Å². The van der Waals surface area contributed by atoms with Crippen molar-refractivity contribution in [1.82, 2.24) is 10.0 Å². The summed E-state index contributed by atoms with van der Waals surface area (Å²) in [5, 5.41) is 2.84. The third-order valence-electron chi connectivity index (χ3n) is 4.42. The van der Waals surface area contributed by atoms with Gasteiger partial charge in [0.2, 0.25) is 10.0 Å². The second kappa shape index (κ2) is 8.10. The van der Waals surface area contributed by atoms with Gasteiger partial charge in [-0.3, -0.25) is 4.79 Å². The van der Waals surface area contributed by atoms with Gasteiger partial charge in [0.25, 0.3) is 5.91 Å². The van der Waals surface area contributed by atoms with Crippen molar-refractivity contribution in [2.45, 2.75) is 37.1 Å². The molecule has 0 atom stereocenters. The third-order valence-corrected chi connectivity index (χ3v) is 5.94. The zero-order chi connectivity index (χ0) is 19.4. The molecule has 0 aliphatic heterocycles. The molecule has 1 saturated carbocycles. The van der Waals surface area contributed by atoms with E-state index in [0.29, 0.717) is 18.5 Å². The smallest absolute Gasteiger partial charge is 0.251 e. The van der Waals surface area contributed by atoms with Crippen molar-refractivity contribution in [1.29, 1.82) is 0 Å². The van der Waals surface area contributed by atoms with Gasteiger partial charge < -0.3 is 10.1 Å². The van der Waals surface area contributed by atoms with E-state index in [9.17, 15) is 13.2 Å². The standard InChI is InChI=1S/C20H24N2O4S/c1-14-6-9-19(26-2)15(12-14)10-11-21-20(23)16-4-3-5-18(13-16)27(24,25)22-17-7-8-17/h3-6,9,12-13,17,22H,7-8,10-11H2,1-2H3,(H,21,23). The number of benzene rings is 2. The highest BCUT2D eigenvalue weighted by Gasteiger charge is 2.28. The average Bonchev–Trinajstić information content (AvgIpc) is 3.45. The van der Waals surface area contributed by atoms with E-state index in [-0.39, 0.29) is 16.8 Å². The number of hydrogen-bond acceptors (Lipinski definition) is 4. The number of amides is 1.